The van der Waals surface area contributed by atoms with Crippen molar-refractivity contribution < 1.29 is 13.5 Å². The molecular formula is C14H22N2O3S. The maximum absolute atomic E-state index is 12.4. The number of nitrogens with zero attached hydrogens (tertiary/aromatic N) is 2. The Morgan fingerprint density at radius 1 is 1.25 bits per heavy atom. The monoisotopic (exact) mass is 298 g/mol. The van der Waals surface area contributed by atoms with E-state index in [4.69, 9.17) is 5.11 Å². The van der Waals surface area contributed by atoms with Crippen molar-refractivity contribution in [3.63, 3.8) is 0 Å². The largest absolute Gasteiger partial charge is 0.394 e. The molecule has 20 heavy (non-hydrogen) atoms. The topological polar surface area (TPSA) is 60.9 Å². The Balaban J connectivity index is 2.19. The van der Waals surface area contributed by atoms with Crippen LogP contribution in [0.5, 0.6) is 0 Å². The van der Waals surface area contributed by atoms with Crippen molar-refractivity contribution in [1.82, 2.24) is 4.31 Å². The molecule has 2 rings (SSSR count). The molecule has 0 bridgehead atoms. The lowest BCUT2D eigenvalue weighted by molar-refractivity contribution is 0.270. The quantitative estimate of drug-likeness (QED) is 0.890. The second kappa shape index (κ2) is 6.11. The molecule has 1 saturated heterocycles. The summed E-state index contributed by atoms with van der Waals surface area (Å²) in [6.45, 7) is 3.20. The SMILES string of the molecule is C[C@H](CO)N(C)c1ccc(S(=O)(=O)N2CCCC2)cc1. The first-order chi connectivity index (χ1) is 9.46. The molecule has 1 aromatic carbocycles. The lowest BCUT2D eigenvalue weighted by Gasteiger charge is -2.25. The second-order valence-electron chi connectivity index (χ2n) is 5.25. The van der Waals surface area contributed by atoms with Crippen LogP contribution >= 0.6 is 0 Å². The Labute approximate surface area is 120 Å². The van der Waals surface area contributed by atoms with Crippen LogP contribution in [0, 0.1) is 0 Å². The number of sulfonamides is 1. The summed E-state index contributed by atoms with van der Waals surface area (Å²) in [7, 11) is -1.46. The number of likely N-dealkylation sites (N-methyl/N-ethyl adjacent to an activating group) is 1. The summed E-state index contributed by atoms with van der Waals surface area (Å²) in [6.07, 6.45) is 1.88. The molecule has 0 aromatic heterocycles. The average molecular weight is 298 g/mol. The Morgan fingerprint density at radius 2 is 1.80 bits per heavy atom. The fourth-order valence-corrected chi connectivity index (χ4v) is 3.82. The van der Waals surface area contributed by atoms with Gasteiger partial charge in [-0.05, 0) is 44.0 Å². The molecule has 0 radical (unpaired) electrons. The van der Waals surface area contributed by atoms with E-state index in [1.807, 2.05) is 18.9 Å². The lowest BCUT2D eigenvalue weighted by Crippen LogP contribution is -2.32. The van der Waals surface area contributed by atoms with E-state index in [1.165, 1.54) is 0 Å². The van der Waals surface area contributed by atoms with Gasteiger partial charge in [-0.25, -0.2) is 8.42 Å². The molecule has 5 nitrogen and oxygen atoms in total. The van der Waals surface area contributed by atoms with Gasteiger partial charge in [-0.15, -0.1) is 0 Å². The standard InChI is InChI=1S/C14H22N2O3S/c1-12(11-17)15(2)13-5-7-14(8-6-13)20(18,19)16-9-3-4-10-16/h5-8,12,17H,3-4,9-11H2,1-2H3/t12-/m1/s1. The number of rotatable bonds is 5. The summed E-state index contributed by atoms with van der Waals surface area (Å²) >= 11 is 0. The molecule has 0 saturated carbocycles. The zero-order valence-electron chi connectivity index (χ0n) is 12.0. The van der Waals surface area contributed by atoms with Crippen LogP contribution in [-0.4, -0.2) is 50.6 Å². The van der Waals surface area contributed by atoms with Gasteiger partial charge in [-0.1, -0.05) is 0 Å². The van der Waals surface area contributed by atoms with E-state index >= 15 is 0 Å². The minimum atomic E-state index is -3.34. The van der Waals surface area contributed by atoms with Gasteiger partial charge in [0, 0.05) is 31.9 Å². The fraction of sp³-hybridized carbons (Fsp3) is 0.571. The minimum Gasteiger partial charge on any atom is -0.394 e. The number of aliphatic hydroxyl groups excluding tert-OH is 1. The average Bonchev–Trinajstić information content (AvgIpc) is 3.00. The van der Waals surface area contributed by atoms with E-state index in [0.717, 1.165) is 18.5 Å². The van der Waals surface area contributed by atoms with Crippen molar-refractivity contribution in [2.75, 3.05) is 31.6 Å². The fourth-order valence-electron chi connectivity index (χ4n) is 2.31. The first-order valence-electron chi connectivity index (χ1n) is 6.90. The summed E-state index contributed by atoms with van der Waals surface area (Å²) in [5.74, 6) is 0. The summed E-state index contributed by atoms with van der Waals surface area (Å²) < 4.78 is 26.3. The smallest absolute Gasteiger partial charge is 0.243 e. The molecule has 1 aromatic rings. The molecule has 0 aliphatic carbocycles. The molecule has 0 unspecified atom stereocenters. The Bertz CT molecular complexity index is 536. The molecule has 112 valence electrons. The predicted molar refractivity (Wildman–Crippen MR) is 79.4 cm³/mol. The van der Waals surface area contributed by atoms with E-state index in [2.05, 4.69) is 0 Å². The molecule has 1 aliphatic heterocycles. The molecule has 1 aliphatic rings. The number of hydrogen-bond acceptors (Lipinski definition) is 4. The van der Waals surface area contributed by atoms with Crippen LogP contribution in [-0.2, 0) is 10.0 Å². The third kappa shape index (κ3) is 2.97. The van der Waals surface area contributed by atoms with Crippen LogP contribution in [0.25, 0.3) is 0 Å². The van der Waals surface area contributed by atoms with Gasteiger partial charge in [0.2, 0.25) is 10.0 Å². The van der Waals surface area contributed by atoms with Gasteiger partial charge >= 0.3 is 0 Å². The van der Waals surface area contributed by atoms with E-state index in [9.17, 15) is 8.42 Å². The minimum absolute atomic E-state index is 0.00367. The van der Waals surface area contributed by atoms with Crippen LogP contribution in [0.4, 0.5) is 5.69 Å². The zero-order chi connectivity index (χ0) is 14.8. The first-order valence-corrected chi connectivity index (χ1v) is 8.34. The molecule has 1 N–H and O–H groups in total. The Kier molecular flexibility index (Phi) is 4.67. The maximum Gasteiger partial charge on any atom is 0.243 e. The van der Waals surface area contributed by atoms with Crippen molar-refractivity contribution in [2.45, 2.75) is 30.7 Å². The third-order valence-corrected chi connectivity index (χ3v) is 5.79. The van der Waals surface area contributed by atoms with Crippen molar-refractivity contribution in [3.8, 4) is 0 Å². The molecule has 1 fully saturated rings. The highest BCUT2D eigenvalue weighted by molar-refractivity contribution is 7.89. The van der Waals surface area contributed by atoms with Crippen LogP contribution in [0.15, 0.2) is 29.2 Å². The van der Waals surface area contributed by atoms with Crippen molar-refractivity contribution in [3.05, 3.63) is 24.3 Å². The molecule has 0 amide bonds. The number of anilines is 1. The zero-order valence-corrected chi connectivity index (χ0v) is 12.8. The van der Waals surface area contributed by atoms with E-state index in [1.54, 1.807) is 28.6 Å². The highest BCUT2D eigenvalue weighted by Crippen LogP contribution is 2.23. The number of hydrogen-bond donors (Lipinski definition) is 1. The lowest BCUT2D eigenvalue weighted by atomic mass is 10.2. The highest BCUT2D eigenvalue weighted by atomic mass is 32.2. The normalized spacial score (nSPS) is 18.1. The van der Waals surface area contributed by atoms with Crippen molar-refractivity contribution in [2.24, 2.45) is 0 Å². The molecule has 6 heteroatoms. The molecule has 1 atom stereocenters. The van der Waals surface area contributed by atoms with Crippen molar-refractivity contribution >= 4 is 15.7 Å². The van der Waals surface area contributed by atoms with E-state index < -0.39 is 10.0 Å². The highest BCUT2D eigenvalue weighted by Gasteiger charge is 2.27. The molecule has 0 spiro atoms. The van der Waals surface area contributed by atoms with Crippen LogP contribution < -0.4 is 4.90 Å². The van der Waals surface area contributed by atoms with E-state index in [0.29, 0.717) is 18.0 Å². The van der Waals surface area contributed by atoms with Gasteiger partial charge < -0.3 is 10.0 Å². The third-order valence-electron chi connectivity index (χ3n) is 3.87. The predicted octanol–water partition coefficient (Wildman–Crippen LogP) is 1.29. The summed E-state index contributed by atoms with van der Waals surface area (Å²) in [6, 6.07) is 6.85. The number of aliphatic hydroxyl groups is 1. The summed E-state index contributed by atoms with van der Waals surface area (Å²) in [5, 5.41) is 9.15. The van der Waals surface area contributed by atoms with Crippen LogP contribution in [0.3, 0.4) is 0 Å². The van der Waals surface area contributed by atoms with Crippen LogP contribution in [0.2, 0.25) is 0 Å². The van der Waals surface area contributed by atoms with Crippen LogP contribution in [0.1, 0.15) is 19.8 Å². The molecular weight excluding hydrogens is 276 g/mol. The Hall–Kier alpha value is -1.11. The van der Waals surface area contributed by atoms with Gasteiger partial charge in [-0.3, -0.25) is 0 Å². The summed E-state index contributed by atoms with van der Waals surface area (Å²) in [5.41, 5.74) is 0.895. The van der Waals surface area contributed by atoms with Gasteiger partial charge in [0.05, 0.1) is 11.5 Å². The first kappa shape index (κ1) is 15.3. The Morgan fingerprint density at radius 3 is 2.30 bits per heavy atom. The van der Waals surface area contributed by atoms with Gasteiger partial charge in [0.15, 0.2) is 0 Å². The van der Waals surface area contributed by atoms with Gasteiger partial charge in [0.1, 0.15) is 0 Å². The van der Waals surface area contributed by atoms with Crippen molar-refractivity contribution in [1.29, 1.82) is 0 Å². The number of benzene rings is 1. The maximum atomic E-state index is 12.4. The van der Waals surface area contributed by atoms with Gasteiger partial charge in [-0.2, -0.15) is 4.31 Å². The second-order valence-corrected chi connectivity index (χ2v) is 7.19. The van der Waals surface area contributed by atoms with Gasteiger partial charge in [0.25, 0.3) is 0 Å². The van der Waals surface area contributed by atoms with E-state index in [-0.39, 0.29) is 12.6 Å². The molecule has 1 heterocycles. The summed E-state index contributed by atoms with van der Waals surface area (Å²) in [4.78, 5) is 2.26.